The Morgan fingerprint density at radius 1 is 1.11 bits per heavy atom. The van der Waals surface area contributed by atoms with E-state index in [-0.39, 0.29) is 58.9 Å². The van der Waals surface area contributed by atoms with Gasteiger partial charge in [0.15, 0.2) is 0 Å². The Morgan fingerprint density at radius 2 is 1.61 bits per heavy atom. The number of halogens is 3. The summed E-state index contributed by atoms with van der Waals surface area (Å²) in [6.07, 6.45) is 9.92. The predicted molar refractivity (Wildman–Crippen MR) is 83.9 cm³/mol. The smallest absolute Gasteiger partial charge is 0.00414 e. The minimum Gasteiger partial charge on any atom is -0.298 e. The van der Waals surface area contributed by atoms with Gasteiger partial charge in [-0.15, -0.1) is 43.6 Å². The zero-order valence-electron chi connectivity index (χ0n) is 11.6. The van der Waals surface area contributed by atoms with Crippen LogP contribution >= 0.6 is 37.2 Å². The van der Waals surface area contributed by atoms with Gasteiger partial charge in [-0.2, -0.15) is 6.08 Å². The van der Waals surface area contributed by atoms with Gasteiger partial charge in [-0.1, -0.05) is 0 Å². The van der Waals surface area contributed by atoms with Crippen LogP contribution in [0.2, 0.25) is 0 Å². The van der Waals surface area contributed by atoms with Crippen LogP contribution in [0.5, 0.6) is 0 Å². The average Bonchev–Trinajstić information content (AvgIpc) is 2.55. The van der Waals surface area contributed by atoms with E-state index >= 15 is 0 Å². The standard InChI is InChI=1S/C13H22N.3ClH.Ti/c1-11(2)14(12(3)4)10-9-13-7-5-6-8-13;;;;/h5,7,11-12H,6,9-10H2,1-4H3;3*1H;/q-1;;;;. The number of nitrogens with zero attached hydrogens (tertiary/aromatic N) is 1. The Hall–Kier alpha value is 1.02. The molecule has 0 heterocycles. The van der Waals surface area contributed by atoms with Gasteiger partial charge in [-0.3, -0.25) is 11.0 Å². The number of hydrogen-bond acceptors (Lipinski definition) is 1. The second-order valence-electron chi connectivity index (χ2n) is 4.48. The second-order valence-corrected chi connectivity index (χ2v) is 4.48. The largest absolute Gasteiger partial charge is 0.298 e. The van der Waals surface area contributed by atoms with E-state index in [9.17, 15) is 0 Å². The molecule has 0 atom stereocenters. The maximum absolute atomic E-state index is 3.37. The Bertz CT molecular complexity index is 232. The number of rotatable bonds is 5. The van der Waals surface area contributed by atoms with Crippen molar-refractivity contribution in [2.24, 2.45) is 0 Å². The van der Waals surface area contributed by atoms with Crippen molar-refractivity contribution in [2.45, 2.75) is 52.6 Å². The van der Waals surface area contributed by atoms with E-state index in [1.165, 1.54) is 5.57 Å². The molecule has 0 bridgehead atoms. The minimum atomic E-state index is 0. The molecule has 0 aromatic rings. The first-order valence-corrected chi connectivity index (χ1v) is 5.63. The Kier molecular flexibility index (Phi) is 22.0. The topological polar surface area (TPSA) is 3.24 Å². The van der Waals surface area contributed by atoms with Gasteiger partial charge in [-0.05, 0) is 40.7 Å². The fourth-order valence-corrected chi connectivity index (χ4v) is 1.98. The summed E-state index contributed by atoms with van der Waals surface area (Å²) >= 11 is 0. The van der Waals surface area contributed by atoms with Crippen LogP contribution < -0.4 is 0 Å². The van der Waals surface area contributed by atoms with Crippen LogP contribution in [-0.2, 0) is 21.7 Å². The van der Waals surface area contributed by atoms with Gasteiger partial charge < -0.3 is 0 Å². The zero-order chi connectivity index (χ0) is 10.6. The summed E-state index contributed by atoms with van der Waals surface area (Å²) in [7, 11) is 0. The molecule has 1 rings (SSSR count). The molecule has 0 aromatic heterocycles. The van der Waals surface area contributed by atoms with Crippen molar-refractivity contribution < 1.29 is 21.7 Å². The van der Waals surface area contributed by atoms with Crippen molar-refractivity contribution in [2.75, 3.05) is 6.54 Å². The predicted octanol–water partition coefficient (Wildman–Crippen LogP) is 4.45. The van der Waals surface area contributed by atoms with Gasteiger partial charge in [0.25, 0.3) is 0 Å². The van der Waals surface area contributed by atoms with E-state index in [2.05, 4.69) is 50.8 Å². The molecule has 0 aromatic carbocycles. The Morgan fingerprint density at radius 3 is 1.94 bits per heavy atom. The van der Waals surface area contributed by atoms with Gasteiger partial charge in [0.05, 0.1) is 0 Å². The van der Waals surface area contributed by atoms with Crippen molar-refractivity contribution in [3.63, 3.8) is 0 Å². The maximum Gasteiger partial charge on any atom is 0.00414 e. The van der Waals surface area contributed by atoms with Crippen LogP contribution in [0, 0.1) is 6.08 Å². The van der Waals surface area contributed by atoms with Gasteiger partial charge in [0.1, 0.15) is 0 Å². The molecule has 0 saturated heterocycles. The van der Waals surface area contributed by atoms with Crippen LogP contribution in [0.1, 0.15) is 40.5 Å². The second kappa shape index (κ2) is 14.4. The molecule has 0 aliphatic heterocycles. The molecule has 1 aliphatic rings. The molecule has 0 amide bonds. The molecular weight excluding hydrogens is 324 g/mol. The van der Waals surface area contributed by atoms with E-state index in [0.717, 1.165) is 19.4 Å². The molecule has 0 unspecified atom stereocenters. The maximum atomic E-state index is 3.37. The normalized spacial score (nSPS) is 12.5. The van der Waals surface area contributed by atoms with E-state index in [4.69, 9.17) is 0 Å². The van der Waals surface area contributed by atoms with Gasteiger partial charge in [-0.25, -0.2) is 11.6 Å². The van der Waals surface area contributed by atoms with Crippen LogP contribution in [0.25, 0.3) is 0 Å². The van der Waals surface area contributed by atoms with E-state index in [0.29, 0.717) is 12.1 Å². The van der Waals surface area contributed by atoms with Crippen LogP contribution in [0.15, 0.2) is 17.7 Å². The van der Waals surface area contributed by atoms with Crippen molar-refractivity contribution in [1.82, 2.24) is 4.90 Å². The van der Waals surface area contributed by atoms with Gasteiger partial charge in [0, 0.05) is 33.8 Å². The minimum absolute atomic E-state index is 0. The fourth-order valence-electron chi connectivity index (χ4n) is 1.98. The summed E-state index contributed by atoms with van der Waals surface area (Å²) in [5, 5.41) is 0. The van der Waals surface area contributed by atoms with Gasteiger partial charge >= 0.3 is 0 Å². The summed E-state index contributed by atoms with van der Waals surface area (Å²) in [6.45, 7) is 10.2. The molecule has 0 radical (unpaired) electrons. The summed E-state index contributed by atoms with van der Waals surface area (Å²) in [4.78, 5) is 2.53. The third-order valence-corrected chi connectivity index (χ3v) is 2.73. The third kappa shape index (κ3) is 9.89. The average molecular weight is 350 g/mol. The van der Waals surface area contributed by atoms with Crippen molar-refractivity contribution in [1.29, 1.82) is 0 Å². The third-order valence-electron chi connectivity index (χ3n) is 2.73. The quantitative estimate of drug-likeness (QED) is 0.524. The van der Waals surface area contributed by atoms with E-state index in [1.807, 2.05) is 0 Å². The first kappa shape index (κ1) is 27.4. The summed E-state index contributed by atoms with van der Waals surface area (Å²) in [6, 6.07) is 1.28. The first-order chi connectivity index (χ1) is 6.61. The molecule has 0 fully saturated rings. The zero-order valence-corrected chi connectivity index (χ0v) is 15.6. The summed E-state index contributed by atoms with van der Waals surface area (Å²) < 4.78 is 0. The molecule has 1 aliphatic carbocycles. The van der Waals surface area contributed by atoms with Crippen molar-refractivity contribution in [3.8, 4) is 0 Å². The van der Waals surface area contributed by atoms with Crippen LogP contribution in [0.3, 0.4) is 0 Å². The molecule has 0 N–H and O–H groups in total. The van der Waals surface area contributed by atoms with Crippen molar-refractivity contribution in [3.05, 3.63) is 23.8 Å². The van der Waals surface area contributed by atoms with E-state index < -0.39 is 0 Å². The Balaban J connectivity index is -0.000000245. The first-order valence-electron chi connectivity index (χ1n) is 5.63. The number of hydrogen-bond donors (Lipinski definition) is 0. The molecular formula is C13H25Cl3NTi-. The van der Waals surface area contributed by atoms with Gasteiger partial charge in [0.2, 0.25) is 0 Å². The molecule has 1 nitrogen and oxygen atoms in total. The molecule has 0 saturated carbocycles. The molecule has 108 valence electrons. The molecule has 18 heavy (non-hydrogen) atoms. The van der Waals surface area contributed by atoms with E-state index in [1.54, 1.807) is 0 Å². The number of allylic oxidation sites excluding steroid dienone is 3. The fraction of sp³-hybridized carbons (Fsp3) is 0.692. The molecule has 0 spiro atoms. The Labute approximate surface area is 146 Å². The monoisotopic (exact) mass is 348 g/mol. The van der Waals surface area contributed by atoms with Crippen LogP contribution in [-0.4, -0.2) is 23.5 Å². The SMILES string of the molecule is CC(C)N(CCC1=[C-]CC=C1)C(C)C.Cl.Cl.Cl.[Ti]. The summed E-state index contributed by atoms with van der Waals surface area (Å²) in [5.41, 5.74) is 1.39. The van der Waals surface area contributed by atoms with Crippen LogP contribution in [0.4, 0.5) is 0 Å². The molecule has 5 heteroatoms. The summed E-state index contributed by atoms with van der Waals surface area (Å²) in [5.74, 6) is 0. The van der Waals surface area contributed by atoms with Crippen molar-refractivity contribution >= 4 is 37.2 Å².